The first kappa shape index (κ1) is 14.2. The lowest BCUT2D eigenvalue weighted by molar-refractivity contribution is 0.247. The number of para-hydroxylation sites is 1. The zero-order chi connectivity index (χ0) is 14.7. The summed E-state index contributed by atoms with van der Waals surface area (Å²) < 4.78 is 17.7. The number of hydrazine groups is 1. The Hall–Kier alpha value is -1.77. The van der Waals surface area contributed by atoms with Crippen molar-refractivity contribution >= 4 is 22.2 Å². The minimum atomic E-state index is -0.163. The van der Waals surface area contributed by atoms with Crippen molar-refractivity contribution in [2.24, 2.45) is 5.84 Å². The Balaban J connectivity index is 1.59. The van der Waals surface area contributed by atoms with Crippen molar-refractivity contribution < 1.29 is 4.39 Å². The van der Waals surface area contributed by atoms with E-state index < -0.39 is 0 Å². The fraction of sp³-hybridized carbons (Fsp3) is 0.385. The largest absolute Gasteiger partial charge is 0.367 e. The zero-order valence-electron chi connectivity index (χ0n) is 11.5. The third-order valence-electron chi connectivity index (χ3n) is 3.63. The van der Waals surface area contributed by atoms with Gasteiger partial charge in [-0.3, -0.25) is 4.90 Å². The van der Waals surface area contributed by atoms with E-state index in [1.54, 1.807) is 6.07 Å². The number of hydrogen-bond acceptors (Lipinski definition) is 7. The first-order chi connectivity index (χ1) is 10.3. The number of anilines is 2. The highest BCUT2D eigenvalue weighted by Gasteiger charge is 2.21. The molecular weight excluding hydrogens is 291 g/mol. The molecule has 3 rings (SSSR count). The van der Waals surface area contributed by atoms with Crippen LogP contribution in [0.3, 0.4) is 0 Å². The lowest BCUT2D eigenvalue weighted by atomic mass is 10.2. The van der Waals surface area contributed by atoms with E-state index in [2.05, 4.69) is 24.8 Å². The van der Waals surface area contributed by atoms with Crippen LogP contribution in [-0.2, 0) is 6.54 Å². The summed E-state index contributed by atoms with van der Waals surface area (Å²) in [6.45, 7) is 4.01. The van der Waals surface area contributed by atoms with Crippen molar-refractivity contribution in [3.8, 4) is 0 Å². The minimum absolute atomic E-state index is 0.163. The van der Waals surface area contributed by atoms with Crippen molar-refractivity contribution in [1.82, 2.24) is 14.5 Å². The normalized spacial score (nSPS) is 16.2. The van der Waals surface area contributed by atoms with E-state index in [1.165, 1.54) is 17.6 Å². The third-order valence-corrected chi connectivity index (χ3v) is 4.32. The number of aromatic nitrogens is 2. The van der Waals surface area contributed by atoms with E-state index in [0.29, 0.717) is 12.2 Å². The number of benzene rings is 1. The van der Waals surface area contributed by atoms with Gasteiger partial charge in [-0.1, -0.05) is 16.6 Å². The fourth-order valence-corrected chi connectivity index (χ4v) is 2.97. The van der Waals surface area contributed by atoms with Crippen LogP contribution in [0.1, 0.15) is 5.69 Å². The molecule has 1 aliphatic rings. The summed E-state index contributed by atoms with van der Waals surface area (Å²) in [5.74, 6) is 5.26. The van der Waals surface area contributed by atoms with Crippen LogP contribution in [0.5, 0.6) is 0 Å². The molecule has 1 fully saturated rings. The summed E-state index contributed by atoms with van der Waals surface area (Å²) in [7, 11) is 0. The topological polar surface area (TPSA) is 70.3 Å². The smallest absolute Gasteiger partial charge is 0.148 e. The molecule has 2 aromatic rings. The Kier molecular flexibility index (Phi) is 4.28. The highest BCUT2D eigenvalue weighted by molar-refractivity contribution is 7.10. The molecule has 1 aliphatic heterocycles. The van der Waals surface area contributed by atoms with Gasteiger partial charge in [0.2, 0.25) is 0 Å². The monoisotopic (exact) mass is 308 g/mol. The van der Waals surface area contributed by atoms with Crippen LogP contribution in [0.4, 0.5) is 15.1 Å². The van der Waals surface area contributed by atoms with E-state index in [4.69, 9.17) is 5.84 Å². The molecule has 0 radical (unpaired) electrons. The second-order valence-corrected chi connectivity index (χ2v) is 5.66. The van der Waals surface area contributed by atoms with Crippen LogP contribution in [0.25, 0.3) is 0 Å². The molecule has 3 N–H and O–H groups in total. The molecule has 1 aromatic carbocycles. The van der Waals surface area contributed by atoms with Gasteiger partial charge in [0.15, 0.2) is 0 Å². The first-order valence-electron chi connectivity index (χ1n) is 6.77. The van der Waals surface area contributed by atoms with Gasteiger partial charge in [-0.25, -0.2) is 10.2 Å². The Labute approximate surface area is 126 Å². The van der Waals surface area contributed by atoms with Gasteiger partial charge in [-0.15, -0.1) is 5.10 Å². The highest BCUT2D eigenvalue weighted by atomic mass is 32.1. The number of halogens is 1. The van der Waals surface area contributed by atoms with Gasteiger partial charge in [-0.05, 0) is 12.1 Å². The lowest BCUT2D eigenvalue weighted by Crippen LogP contribution is -2.46. The average molecular weight is 308 g/mol. The van der Waals surface area contributed by atoms with Crippen LogP contribution in [-0.4, -0.2) is 40.7 Å². The second kappa shape index (κ2) is 6.33. The number of nitrogens with zero attached hydrogens (tertiary/aromatic N) is 4. The molecule has 1 saturated heterocycles. The maximum absolute atomic E-state index is 13.8. The molecule has 1 aromatic heterocycles. The molecule has 112 valence electrons. The molecule has 0 unspecified atom stereocenters. The standard InChI is InChI=1S/C13H17FN6S/c14-10-3-1-2-4-12(10)20-7-5-19(6-8-20)9-11-13(16-15)21-18-17-11/h1-4,16H,5-9,15H2. The summed E-state index contributed by atoms with van der Waals surface area (Å²) >= 11 is 1.25. The number of piperazine rings is 1. The van der Waals surface area contributed by atoms with Gasteiger partial charge in [0.25, 0.3) is 0 Å². The maximum Gasteiger partial charge on any atom is 0.148 e. The predicted octanol–water partition coefficient (Wildman–Crippen LogP) is 1.28. The number of rotatable bonds is 4. The quantitative estimate of drug-likeness (QED) is 0.655. The van der Waals surface area contributed by atoms with E-state index in [1.807, 2.05) is 12.1 Å². The molecule has 0 bridgehead atoms. The number of nitrogens with one attached hydrogen (secondary N) is 1. The molecule has 21 heavy (non-hydrogen) atoms. The van der Waals surface area contributed by atoms with Gasteiger partial charge in [0.1, 0.15) is 16.5 Å². The SMILES string of the molecule is NNc1snnc1CN1CCN(c2ccccc2F)CC1. The summed E-state index contributed by atoms with van der Waals surface area (Å²) in [6, 6.07) is 6.91. The highest BCUT2D eigenvalue weighted by Crippen LogP contribution is 2.22. The molecular formula is C13H17FN6S. The third kappa shape index (κ3) is 3.12. The van der Waals surface area contributed by atoms with E-state index in [9.17, 15) is 4.39 Å². The van der Waals surface area contributed by atoms with Crippen LogP contribution >= 0.6 is 11.5 Å². The Morgan fingerprint density at radius 2 is 2.00 bits per heavy atom. The van der Waals surface area contributed by atoms with Gasteiger partial charge in [0, 0.05) is 44.3 Å². The molecule has 6 nitrogen and oxygen atoms in total. The summed E-state index contributed by atoms with van der Waals surface area (Å²) in [4.78, 5) is 4.35. The lowest BCUT2D eigenvalue weighted by Gasteiger charge is -2.35. The van der Waals surface area contributed by atoms with Crippen molar-refractivity contribution in [1.29, 1.82) is 0 Å². The van der Waals surface area contributed by atoms with Crippen molar-refractivity contribution in [2.45, 2.75) is 6.54 Å². The van der Waals surface area contributed by atoms with E-state index >= 15 is 0 Å². The predicted molar refractivity (Wildman–Crippen MR) is 81.6 cm³/mol. The van der Waals surface area contributed by atoms with Crippen molar-refractivity contribution in [3.63, 3.8) is 0 Å². The van der Waals surface area contributed by atoms with Crippen LogP contribution in [0.15, 0.2) is 24.3 Å². The Bertz CT molecular complexity index is 596. The Morgan fingerprint density at radius 1 is 1.24 bits per heavy atom. The summed E-state index contributed by atoms with van der Waals surface area (Å²) in [5, 5.41) is 4.88. The second-order valence-electron chi connectivity index (χ2n) is 4.91. The van der Waals surface area contributed by atoms with Crippen LogP contribution in [0, 0.1) is 5.82 Å². The van der Waals surface area contributed by atoms with Gasteiger partial charge in [0.05, 0.1) is 5.69 Å². The number of hydrogen-bond donors (Lipinski definition) is 2. The van der Waals surface area contributed by atoms with Crippen LogP contribution < -0.4 is 16.2 Å². The van der Waals surface area contributed by atoms with Gasteiger partial charge in [-0.2, -0.15) is 0 Å². The molecule has 2 heterocycles. The summed E-state index contributed by atoms with van der Waals surface area (Å²) in [5.41, 5.74) is 4.15. The molecule has 0 amide bonds. The van der Waals surface area contributed by atoms with E-state index in [-0.39, 0.29) is 5.82 Å². The van der Waals surface area contributed by atoms with Crippen molar-refractivity contribution in [3.05, 3.63) is 35.8 Å². The van der Waals surface area contributed by atoms with Gasteiger partial charge >= 0.3 is 0 Å². The molecule has 0 saturated carbocycles. The zero-order valence-corrected chi connectivity index (χ0v) is 12.3. The number of nitrogens with two attached hydrogens (primary N) is 1. The van der Waals surface area contributed by atoms with E-state index in [0.717, 1.165) is 36.9 Å². The number of nitrogen functional groups attached to an aromatic ring is 1. The first-order valence-corrected chi connectivity index (χ1v) is 7.55. The van der Waals surface area contributed by atoms with Crippen LogP contribution in [0.2, 0.25) is 0 Å². The van der Waals surface area contributed by atoms with Gasteiger partial charge < -0.3 is 10.3 Å². The minimum Gasteiger partial charge on any atom is -0.367 e. The fourth-order valence-electron chi connectivity index (χ4n) is 2.49. The maximum atomic E-state index is 13.8. The average Bonchev–Trinajstić information content (AvgIpc) is 2.96. The molecule has 8 heteroatoms. The summed E-state index contributed by atoms with van der Waals surface area (Å²) in [6.07, 6.45) is 0. The van der Waals surface area contributed by atoms with Crippen molar-refractivity contribution in [2.75, 3.05) is 36.5 Å². The molecule has 0 aliphatic carbocycles. The molecule has 0 spiro atoms. The molecule has 0 atom stereocenters. The Morgan fingerprint density at radius 3 is 2.71 bits per heavy atom.